The summed E-state index contributed by atoms with van der Waals surface area (Å²) in [6, 6.07) is 1.93. The second kappa shape index (κ2) is 6.92. The van der Waals surface area contributed by atoms with Crippen LogP contribution in [0.3, 0.4) is 0 Å². The molecule has 2 atom stereocenters. The van der Waals surface area contributed by atoms with Gasteiger partial charge in [-0.25, -0.2) is 0 Å². The smallest absolute Gasteiger partial charge is 0.304 e. The van der Waals surface area contributed by atoms with Crippen LogP contribution in [0.2, 0.25) is 0 Å². The van der Waals surface area contributed by atoms with Crippen molar-refractivity contribution in [2.45, 2.75) is 39.7 Å². The molecule has 6 heteroatoms. The third kappa shape index (κ3) is 7.47. The van der Waals surface area contributed by atoms with Gasteiger partial charge < -0.3 is 9.26 Å². The van der Waals surface area contributed by atoms with Gasteiger partial charge in [0, 0.05) is 26.2 Å². The fraction of sp³-hybridized carbons (Fsp3) is 0.833. The molecule has 0 amide bonds. The Hall–Kier alpha value is -0.850. The van der Waals surface area contributed by atoms with Crippen molar-refractivity contribution in [1.82, 2.24) is 0 Å². The molecule has 0 N–H and O–H groups in total. The van der Waals surface area contributed by atoms with Crippen LogP contribution in [0, 0.1) is 17.2 Å². The Morgan fingerprint density at radius 3 is 2.44 bits per heavy atom. The number of esters is 1. The Balaban J connectivity index is 4.40. The highest BCUT2D eigenvalue weighted by Crippen LogP contribution is 2.44. The molecule has 0 saturated heterocycles. The van der Waals surface area contributed by atoms with Crippen molar-refractivity contribution in [3.63, 3.8) is 0 Å². The maximum atomic E-state index is 12.1. The first-order chi connectivity index (χ1) is 8.10. The van der Waals surface area contributed by atoms with E-state index in [2.05, 4.69) is 0 Å². The van der Waals surface area contributed by atoms with E-state index in [1.165, 1.54) is 13.8 Å². The van der Waals surface area contributed by atoms with Crippen LogP contribution >= 0.6 is 7.37 Å². The average molecular weight is 275 g/mol. The second-order valence-corrected chi connectivity index (χ2v) is 7.85. The standard InChI is InChI=1S/C12H22NO4P/c1-10(2)8-16-18(5,15)7-6-12(4,9-13)17-11(3)14/h10H,6-8H2,1-5H3. The first-order valence-corrected chi connectivity index (χ1v) is 8.18. The van der Waals surface area contributed by atoms with E-state index in [4.69, 9.17) is 14.5 Å². The minimum atomic E-state index is -2.74. The number of hydrogen-bond acceptors (Lipinski definition) is 5. The summed E-state index contributed by atoms with van der Waals surface area (Å²) in [4.78, 5) is 10.9. The van der Waals surface area contributed by atoms with Crippen LogP contribution in [0.5, 0.6) is 0 Å². The maximum absolute atomic E-state index is 12.1. The SMILES string of the molecule is CC(=O)OC(C)(C#N)CCP(C)(=O)OCC(C)C. The minimum absolute atomic E-state index is 0.203. The van der Waals surface area contributed by atoms with Crippen molar-refractivity contribution in [1.29, 1.82) is 5.26 Å². The molecule has 0 spiro atoms. The summed E-state index contributed by atoms with van der Waals surface area (Å²) < 4.78 is 22.4. The zero-order valence-electron chi connectivity index (χ0n) is 11.7. The molecule has 0 heterocycles. The number of nitrogens with zero attached hydrogens (tertiary/aromatic N) is 1. The van der Waals surface area contributed by atoms with Crippen LogP contribution in [0.15, 0.2) is 0 Å². The third-order valence-corrected chi connectivity index (χ3v) is 4.01. The molecule has 5 nitrogen and oxygen atoms in total. The lowest BCUT2D eigenvalue weighted by Crippen LogP contribution is -2.30. The van der Waals surface area contributed by atoms with Gasteiger partial charge in [0.2, 0.25) is 0 Å². The fourth-order valence-electron chi connectivity index (χ4n) is 1.23. The monoisotopic (exact) mass is 275 g/mol. The summed E-state index contributed by atoms with van der Waals surface area (Å²) >= 11 is 0. The van der Waals surface area contributed by atoms with Crippen LogP contribution in [-0.4, -0.2) is 31.0 Å². The van der Waals surface area contributed by atoms with Gasteiger partial charge in [-0.15, -0.1) is 0 Å². The van der Waals surface area contributed by atoms with Crippen molar-refractivity contribution in [3.8, 4) is 6.07 Å². The molecule has 0 aromatic rings. The molecule has 0 aliphatic heterocycles. The van der Waals surface area contributed by atoms with E-state index in [9.17, 15) is 9.36 Å². The Morgan fingerprint density at radius 2 is 2.06 bits per heavy atom. The predicted molar refractivity (Wildman–Crippen MR) is 69.6 cm³/mol. The topological polar surface area (TPSA) is 76.4 Å². The van der Waals surface area contributed by atoms with Gasteiger partial charge in [0.25, 0.3) is 0 Å². The first-order valence-electron chi connectivity index (χ1n) is 5.92. The lowest BCUT2D eigenvalue weighted by atomic mass is 10.1. The largest absolute Gasteiger partial charge is 0.444 e. The second-order valence-electron chi connectivity index (χ2n) is 5.11. The Labute approximate surface area is 109 Å². The molecule has 104 valence electrons. The molecular weight excluding hydrogens is 253 g/mol. The predicted octanol–water partition coefficient (Wildman–Crippen LogP) is 2.80. The van der Waals surface area contributed by atoms with Crippen molar-refractivity contribution < 1.29 is 18.6 Å². The molecule has 0 radical (unpaired) electrons. The summed E-state index contributed by atoms with van der Waals surface area (Å²) in [5.74, 6) is -0.220. The van der Waals surface area contributed by atoms with Gasteiger partial charge in [-0.1, -0.05) is 13.8 Å². The fourth-order valence-corrected chi connectivity index (χ4v) is 2.81. The lowest BCUT2D eigenvalue weighted by molar-refractivity contribution is -0.150. The van der Waals surface area contributed by atoms with Gasteiger partial charge in [0.15, 0.2) is 13.0 Å². The van der Waals surface area contributed by atoms with Crippen molar-refractivity contribution >= 4 is 13.3 Å². The van der Waals surface area contributed by atoms with Crippen LogP contribution in [-0.2, 0) is 18.6 Å². The van der Waals surface area contributed by atoms with E-state index in [-0.39, 0.29) is 12.6 Å². The highest BCUT2D eigenvalue weighted by atomic mass is 31.2. The van der Waals surface area contributed by atoms with E-state index < -0.39 is 18.9 Å². The number of nitriles is 1. The molecule has 0 rings (SSSR count). The molecule has 18 heavy (non-hydrogen) atoms. The Bertz CT molecular complexity index is 375. The molecule has 0 bridgehead atoms. The molecule has 0 aromatic heterocycles. The summed E-state index contributed by atoms with van der Waals surface area (Å²) in [7, 11) is -2.74. The number of carbonyl (C=O) groups excluding carboxylic acids is 1. The van der Waals surface area contributed by atoms with Gasteiger partial charge in [0.1, 0.15) is 6.07 Å². The van der Waals surface area contributed by atoms with Crippen molar-refractivity contribution in [2.24, 2.45) is 5.92 Å². The van der Waals surface area contributed by atoms with Crippen LogP contribution in [0.1, 0.15) is 34.1 Å². The third-order valence-electron chi connectivity index (χ3n) is 2.28. The van der Waals surface area contributed by atoms with Crippen molar-refractivity contribution in [3.05, 3.63) is 0 Å². The quantitative estimate of drug-likeness (QED) is 0.527. The van der Waals surface area contributed by atoms with Gasteiger partial charge in [-0.3, -0.25) is 9.36 Å². The molecule has 0 fully saturated rings. The summed E-state index contributed by atoms with van der Waals surface area (Å²) in [6.07, 6.45) is 0.423. The summed E-state index contributed by atoms with van der Waals surface area (Å²) in [6.45, 7) is 8.66. The number of rotatable bonds is 7. The van der Waals surface area contributed by atoms with E-state index in [1.54, 1.807) is 6.66 Å². The highest BCUT2D eigenvalue weighted by molar-refractivity contribution is 7.58. The van der Waals surface area contributed by atoms with E-state index in [0.29, 0.717) is 12.5 Å². The molecule has 0 aromatic carbocycles. The van der Waals surface area contributed by atoms with Gasteiger partial charge >= 0.3 is 5.97 Å². The molecule has 0 aliphatic carbocycles. The van der Waals surface area contributed by atoms with Gasteiger partial charge in [-0.05, 0) is 12.8 Å². The first kappa shape index (κ1) is 17.2. The maximum Gasteiger partial charge on any atom is 0.304 e. The normalized spacial score (nSPS) is 17.6. The number of carbonyl (C=O) groups is 1. The Morgan fingerprint density at radius 1 is 1.50 bits per heavy atom. The summed E-state index contributed by atoms with van der Waals surface area (Å²) in [5, 5.41) is 8.99. The van der Waals surface area contributed by atoms with Gasteiger partial charge in [0.05, 0.1) is 6.61 Å². The van der Waals surface area contributed by atoms with E-state index in [1.807, 2.05) is 19.9 Å². The lowest BCUT2D eigenvalue weighted by Gasteiger charge is -2.23. The number of hydrogen-bond donors (Lipinski definition) is 0. The summed E-state index contributed by atoms with van der Waals surface area (Å²) in [5.41, 5.74) is -1.24. The molecule has 2 unspecified atom stereocenters. The van der Waals surface area contributed by atoms with E-state index >= 15 is 0 Å². The zero-order chi connectivity index (χ0) is 14.4. The zero-order valence-corrected chi connectivity index (χ0v) is 12.6. The van der Waals surface area contributed by atoms with Crippen molar-refractivity contribution in [2.75, 3.05) is 19.4 Å². The van der Waals surface area contributed by atoms with Crippen LogP contribution in [0.4, 0.5) is 0 Å². The Kier molecular flexibility index (Phi) is 6.59. The molecule has 0 aliphatic rings. The van der Waals surface area contributed by atoms with Gasteiger partial charge in [-0.2, -0.15) is 5.26 Å². The number of ether oxygens (including phenoxy) is 1. The molecular formula is C12H22NO4P. The highest BCUT2D eigenvalue weighted by Gasteiger charge is 2.30. The average Bonchev–Trinajstić information content (AvgIpc) is 2.23. The van der Waals surface area contributed by atoms with E-state index in [0.717, 1.165) is 0 Å². The minimum Gasteiger partial charge on any atom is -0.444 e. The molecule has 0 saturated carbocycles. The van der Waals surface area contributed by atoms with Crippen LogP contribution < -0.4 is 0 Å². The van der Waals surface area contributed by atoms with Crippen LogP contribution in [0.25, 0.3) is 0 Å².